The molecule has 0 aliphatic carbocycles. The van der Waals surface area contributed by atoms with Crippen LogP contribution in [-0.2, 0) is 0 Å². The third kappa shape index (κ3) is 3.83. The highest BCUT2D eigenvalue weighted by Gasteiger charge is 2.27. The predicted molar refractivity (Wildman–Crippen MR) is 97.3 cm³/mol. The van der Waals surface area contributed by atoms with Crippen molar-refractivity contribution in [1.82, 2.24) is 4.90 Å². The largest absolute Gasteiger partial charge is 0.362 e. The zero-order valence-corrected chi connectivity index (χ0v) is 14.8. The molecular weight excluding hydrogens is 375 g/mol. The number of nitriles is 1. The zero-order valence-electron chi connectivity index (χ0n) is 14.1. The molecule has 7 nitrogen and oxygen atoms in total. The first kappa shape index (κ1) is 18.6. The van der Waals surface area contributed by atoms with E-state index in [1.807, 2.05) is 6.07 Å². The Hall–Kier alpha value is -3.18. The van der Waals surface area contributed by atoms with E-state index in [4.69, 9.17) is 16.9 Å². The van der Waals surface area contributed by atoms with Gasteiger partial charge in [0.15, 0.2) is 0 Å². The first-order valence-corrected chi connectivity index (χ1v) is 8.46. The number of nitro benzene ring substituents is 1. The Kier molecular flexibility index (Phi) is 5.23. The number of hydrogen-bond acceptors (Lipinski definition) is 5. The molecule has 1 aliphatic rings. The van der Waals surface area contributed by atoms with E-state index in [9.17, 15) is 19.3 Å². The fourth-order valence-electron chi connectivity index (χ4n) is 2.99. The number of anilines is 1. The number of rotatable bonds is 3. The summed E-state index contributed by atoms with van der Waals surface area (Å²) >= 11 is 5.95. The Balaban J connectivity index is 1.75. The minimum absolute atomic E-state index is 0.0464. The number of nitro groups is 1. The van der Waals surface area contributed by atoms with E-state index in [1.54, 1.807) is 15.9 Å². The maximum absolute atomic E-state index is 13.2. The Bertz CT molecular complexity index is 952. The van der Waals surface area contributed by atoms with Crippen LogP contribution in [0.3, 0.4) is 0 Å². The van der Waals surface area contributed by atoms with Gasteiger partial charge in [0.1, 0.15) is 11.5 Å². The summed E-state index contributed by atoms with van der Waals surface area (Å²) in [5, 5.41) is 20.3. The summed E-state index contributed by atoms with van der Waals surface area (Å²) in [5.41, 5.74) is 0.697. The van der Waals surface area contributed by atoms with Crippen LogP contribution in [0, 0.1) is 27.3 Å². The Morgan fingerprint density at radius 2 is 1.89 bits per heavy atom. The molecule has 0 aromatic heterocycles. The summed E-state index contributed by atoms with van der Waals surface area (Å²) in [6, 6.07) is 9.81. The summed E-state index contributed by atoms with van der Waals surface area (Å²) in [5.74, 6) is -0.830. The first-order valence-electron chi connectivity index (χ1n) is 8.08. The minimum Gasteiger partial charge on any atom is -0.362 e. The van der Waals surface area contributed by atoms with Crippen molar-refractivity contribution in [3.63, 3.8) is 0 Å². The fourth-order valence-corrected chi connectivity index (χ4v) is 3.24. The van der Waals surface area contributed by atoms with E-state index in [0.29, 0.717) is 31.9 Å². The summed E-state index contributed by atoms with van der Waals surface area (Å²) in [7, 11) is 0. The second-order valence-electron chi connectivity index (χ2n) is 5.98. The van der Waals surface area contributed by atoms with Crippen molar-refractivity contribution >= 4 is 28.9 Å². The van der Waals surface area contributed by atoms with Gasteiger partial charge in [-0.1, -0.05) is 11.6 Å². The van der Waals surface area contributed by atoms with Gasteiger partial charge in [-0.15, -0.1) is 0 Å². The SMILES string of the molecule is N#Cc1ccc(N2CCN(C(=O)c3ccc(F)cc3Cl)CC2)c([N+](=O)[O-])c1. The van der Waals surface area contributed by atoms with E-state index in [1.165, 1.54) is 24.3 Å². The van der Waals surface area contributed by atoms with Crippen molar-refractivity contribution in [2.45, 2.75) is 0 Å². The molecule has 2 aromatic carbocycles. The molecule has 3 rings (SSSR count). The van der Waals surface area contributed by atoms with Crippen LogP contribution in [0.2, 0.25) is 5.02 Å². The number of hydrogen-bond donors (Lipinski definition) is 0. The monoisotopic (exact) mass is 388 g/mol. The van der Waals surface area contributed by atoms with Crippen molar-refractivity contribution in [2.24, 2.45) is 0 Å². The predicted octanol–water partition coefficient (Wildman–Crippen LogP) is 3.22. The van der Waals surface area contributed by atoms with Crippen molar-refractivity contribution < 1.29 is 14.1 Å². The average molecular weight is 389 g/mol. The fraction of sp³-hybridized carbons (Fsp3) is 0.222. The third-order valence-electron chi connectivity index (χ3n) is 4.37. The van der Waals surface area contributed by atoms with Crippen molar-refractivity contribution in [3.8, 4) is 6.07 Å². The van der Waals surface area contributed by atoms with E-state index in [-0.39, 0.29) is 27.7 Å². The van der Waals surface area contributed by atoms with Crippen LogP contribution in [0.5, 0.6) is 0 Å². The molecule has 0 spiro atoms. The van der Waals surface area contributed by atoms with Crippen LogP contribution >= 0.6 is 11.6 Å². The lowest BCUT2D eigenvalue weighted by Gasteiger charge is -2.36. The van der Waals surface area contributed by atoms with Crippen LogP contribution in [-0.4, -0.2) is 41.9 Å². The Labute approximate surface area is 159 Å². The van der Waals surface area contributed by atoms with Gasteiger partial charge in [0, 0.05) is 32.2 Å². The van der Waals surface area contributed by atoms with Gasteiger partial charge >= 0.3 is 0 Å². The van der Waals surface area contributed by atoms with Gasteiger partial charge in [-0.25, -0.2) is 4.39 Å². The highest BCUT2D eigenvalue weighted by atomic mass is 35.5. The topological polar surface area (TPSA) is 90.5 Å². The molecule has 138 valence electrons. The van der Waals surface area contributed by atoms with Crippen LogP contribution in [0.25, 0.3) is 0 Å². The van der Waals surface area contributed by atoms with Crippen LogP contribution < -0.4 is 4.90 Å². The number of amides is 1. The minimum atomic E-state index is -0.522. The van der Waals surface area contributed by atoms with Crippen molar-refractivity contribution in [1.29, 1.82) is 5.26 Å². The number of nitrogens with zero attached hydrogens (tertiary/aromatic N) is 4. The molecule has 0 atom stereocenters. The van der Waals surface area contributed by atoms with Crippen molar-refractivity contribution in [2.75, 3.05) is 31.1 Å². The smallest absolute Gasteiger partial charge is 0.293 e. The second kappa shape index (κ2) is 7.60. The van der Waals surface area contributed by atoms with Gasteiger partial charge in [-0.3, -0.25) is 14.9 Å². The molecule has 0 bridgehead atoms. The number of carbonyl (C=O) groups is 1. The molecule has 2 aromatic rings. The Morgan fingerprint density at radius 1 is 1.19 bits per heavy atom. The first-order chi connectivity index (χ1) is 12.9. The molecule has 1 amide bonds. The molecule has 9 heteroatoms. The molecule has 1 saturated heterocycles. The number of carbonyl (C=O) groups excluding carboxylic acids is 1. The summed E-state index contributed by atoms with van der Waals surface area (Å²) in [4.78, 5) is 26.8. The van der Waals surface area contributed by atoms with E-state index < -0.39 is 10.7 Å². The summed E-state index contributed by atoms with van der Waals surface area (Å²) in [6.07, 6.45) is 0. The average Bonchev–Trinajstić information content (AvgIpc) is 2.67. The van der Waals surface area contributed by atoms with E-state index in [2.05, 4.69) is 0 Å². The third-order valence-corrected chi connectivity index (χ3v) is 4.68. The van der Waals surface area contributed by atoms with Crippen LogP contribution in [0.15, 0.2) is 36.4 Å². The lowest BCUT2D eigenvalue weighted by atomic mass is 10.1. The van der Waals surface area contributed by atoms with Gasteiger partial charge < -0.3 is 9.80 Å². The highest BCUT2D eigenvalue weighted by molar-refractivity contribution is 6.33. The standard InChI is InChI=1S/C18H14ClFN4O3/c19-15-10-13(20)2-3-14(15)18(25)23-7-5-22(6-8-23)16-4-1-12(11-21)9-17(16)24(26)27/h1-4,9-10H,5-8H2. The van der Waals surface area contributed by atoms with Gasteiger partial charge in [-0.05, 0) is 30.3 Å². The maximum atomic E-state index is 13.2. The molecule has 0 N–H and O–H groups in total. The molecule has 1 heterocycles. The highest BCUT2D eigenvalue weighted by Crippen LogP contribution is 2.30. The second-order valence-corrected chi connectivity index (χ2v) is 6.38. The molecule has 27 heavy (non-hydrogen) atoms. The zero-order chi connectivity index (χ0) is 19.6. The van der Waals surface area contributed by atoms with Crippen LogP contribution in [0.4, 0.5) is 15.8 Å². The molecular formula is C18H14ClFN4O3. The van der Waals surface area contributed by atoms with Gasteiger partial charge in [-0.2, -0.15) is 5.26 Å². The molecule has 0 saturated carbocycles. The molecule has 1 fully saturated rings. The number of halogens is 2. The van der Waals surface area contributed by atoms with Gasteiger partial charge in [0.25, 0.3) is 11.6 Å². The van der Waals surface area contributed by atoms with Crippen LogP contribution in [0.1, 0.15) is 15.9 Å². The van der Waals surface area contributed by atoms with Gasteiger partial charge in [0.2, 0.25) is 0 Å². The molecule has 0 unspecified atom stereocenters. The Morgan fingerprint density at radius 3 is 2.48 bits per heavy atom. The van der Waals surface area contributed by atoms with Crippen molar-refractivity contribution in [3.05, 3.63) is 68.5 Å². The summed E-state index contributed by atoms with van der Waals surface area (Å²) in [6.45, 7) is 1.45. The lowest BCUT2D eigenvalue weighted by Crippen LogP contribution is -2.49. The number of benzene rings is 2. The molecule has 1 aliphatic heterocycles. The van der Waals surface area contributed by atoms with E-state index >= 15 is 0 Å². The molecule has 0 radical (unpaired) electrons. The van der Waals surface area contributed by atoms with E-state index in [0.717, 1.165) is 6.07 Å². The number of piperazine rings is 1. The summed E-state index contributed by atoms with van der Waals surface area (Å²) < 4.78 is 13.2. The normalized spacial score (nSPS) is 14.0. The quantitative estimate of drug-likeness (QED) is 0.594. The van der Waals surface area contributed by atoms with Gasteiger partial charge in [0.05, 0.1) is 27.1 Å². The lowest BCUT2D eigenvalue weighted by molar-refractivity contribution is -0.384. The maximum Gasteiger partial charge on any atom is 0.293 e.